The molecule has 1 atom stereocenters. The summed E-state index contributed by atoms with van der Waals surface area (Å²) >= 11 is 0. The van der Waals surface area contributed by atoms with Gasteiger partial charge in [0.1, 0.15) is 6.61 Å². The Hall–Kier alpha value is -1.21. The normalized spacial score (nSPS) is 12.8. The maximum Gasteiger partial charge on any atom is 0.469 e. The average Bonchev–Trinajstić information content (AvgIpc) is 2.67. The molecule has 0 rings (SSSR count). The Bertz CT molecular complexity index is 529. The van der Waals surface area contributed by atoms with Gasteiger partial charge >= 0.3 is 19.8 Å². The summed E-state index contributed by atoms with van der Waals surface area (Å²) < 4.78 is 25.4. The van der Waals surface area contributed by atoms with Crippen LogP contribution >= 0.6 is 7.82 Å². The van der Waals surface area contributed by atoms with Crippen molar-refractivity contribution in [3.63, 3.8) is 0 Å². The number of carbonyl (C=O) groups is 2. The highest BCUT2D eigenvalue weighted by Crippen LogP contribution is 2.35. The summed E-state index contributed by atoms with van der Waals surface area (Å²) in [5.41, 5.74) is 0. The first-order valence-electron chi connectivity index (χ1n) is 11.0. The van der Waals surface area contributed by atoms with Crippen LogP contribution in [0.4, 0.5) is 0 Å². The predicted molar refractivity (Wildman–Crippen MR) is 115 cm³/mol. The van der Waals surface area contributed by atoms with E-state index in [1.807, 2.05) is 6.92 Å². The van der Waals surface area contributed by atoms with Gasteiger partial charge in [0.2, 0.25) is 0 Å². The first kappa shape index (κ1) is 28.8. The molecule has 0 aliphatic rings. The Morgan fingerprint density at radius 3 is 2.10 bits per heavy atom. The molecule has 0 radical (unpaired) electrons. The molecule has 8 nitrogen and oxygen atoms in total. The third-order valence-electron chi connectivity index (χ3n) is 4.25. The van der Waals surface area contributed by atoms with Gasteiger partial charge in [-0.3, -0.25) is 14.1 Å². The highest BCUT2D eigenvalue weighted by atomic mass is 31.2. The number of phosphoric ester groups is 1. The molecule has 0 heterocycles. The van der Waals surface area contributed by atoms with E-state index < -0.39 is 32.5 Å². The molecule has 0 saturated heterocycles. The van der Waals surface area contributed by atoms with E-state index in [0.29, 0.717) is 12.8 Å². The number of rotatable bonds is 19. The minimum atomic E-state index is -4.71. The highest BCUT2D eigenvalue weighted by Gasteiger charge is 2.22. The maximum absolute atomic E-state index is 12.0. The zero-order chi connectivity index (χ0) is 22.7. The quantitative estimate of drug-likeness (QED) is 0.124. The fourth-order valence-electron chi connectivity index (χ4n) is 2.62. The number of allylic oxidation sites excluding steroid dienone is 2. The number of ether oxygens (including phenoxy) is 2. The maximum atomic E-state index is 12.0. The van der Waals surface area contributed by atoms with Crippen molar-refractivity contribution in [3.8, 4) is 0 Å². The molecule has 0 aliphatic carbocycles. The van der Waals surface area contributed by atoms with E-state index in [1.54, 1.807) is 0 Å². The van der Waals surface area contributed by atoms with Crippen LogP contribution in [-0.4, -0.2) is 41.0 Å². The third kappa shape index (κ3) is 20.1. The minimum absolute atomic E-state index is 0.201. The van der Waals surface area contributed by atoms with Crippen LogP contribution in [0.15, 0.2) is 12.2 Å². The van der Waals surface area contributed by atoms with Crippen molar-refractivity contribution in [2.24, 2.45) is 0 Å². The fraction of sp³-hybridized carbons (Fsp3) is 0.810. The van der Waals surface area contributed by atoms with Crippen LogP contribution in [-0.2, 0) is 28.2 Å². The molecule has 1 unspecified atom stereocenters. The van der Waals surface area contributed by atoms with Gasteiger partial charge in [-0.1, -0.05) is 58.1 Å². The van der Waals surface area contributed by atoms with E-state index in [4.69, 9.17) is 19.3 Å². The van der Waals surface area contributed by atoms with Crippen LogP contribution < -0.4 is 0 Å². The molecule has 2 N–H and O–H groups in total. The molecule has 0 aromatic rings. The molecular weight excluding hydrogens is 411 g/mol. The smallest absolute Gasteiger partial charge is 0.462 e. The number of hydrogen-bond acceptors (Lipinski definition) is 6. The predicted octanol–water partition coefficient (Wildman–Crippen LogP) is 4.83. The molecule has 0 spiro atoms. The van der Waals surface area contributed by atoms with Gasteiger partial charge < -0.3 is 19.3 Å². The van der Waals surface area contributed by atoms with Crippen LogP contribution in [0.25, 0.3) is 0 Å². The van der Waals surface area contributed by atoms with Crippen LogP contribution in [0.3, 0.4) is 0 Å². The Balaban J connectivity index is 4.03. The zero-order valence-corrected chi connectivity index (χ0v) is 19.3. The second-order valence-electron chi connectivity index (χ2n) is 7.25. The Morgan fingerprint density at radius 1 is 0.833 bits per heavy atom. The Kier molecular flexibility index (Phi) is 17.8. The monoisotopic (exact) mass is 450 g/mol. The summed E-state index contributed by atoms with van der Waals surface area (Å²) in [6.07, 6.45) is 14.0. The van der Waals surface area contributed by atoms with Gasteiger partial charge in [-0.25, -0.2) is 4.57 Å². The topological polar surface area (TPSA) is 119 Å². The van der Waals surface area contributed by atoms with Gasteiger partial charge in [-0.15, -0.1) is 0 Å². The van der Waals surface area contributed by atoms with E-state index in [-0.39, 0.29) is 19.4 Å². The van der Waals surface area contributed by atoms with Gasteiger partial charge in [0.15, 0.2) is 6.10 Å². The molecule has 30 heavy (non-hydrogen) atoms. The van der Waals surface area contributed by atoms with Gasteiger partial charge in [0.25, 0.3) is 0 Å². The first-order chi connectivity index (χ1) is 14.3. The number of hydrogen-bond donors (Lipinski definition) is 2. The summed E-state index contributed by atoms with van der Waals surface area (Å²) in [5, 5.41) is 0. The average molecular weight is 451 g/mol. The molecule has 176 valence electrons. The van der Waals surface area contributed by atoms with E-state index in [0.717, 1.165) is 38.5 Å². The van der Waals surface area contributed by atoms with Crippen molar-refractivity contribution in [3.05, 3.63) is 12.2 Å². The summed E-state index contributed by atoms with van der Waals surface area (Å²) in [4.78, 5) is 41.1. The third-order valence-corrected chi connectivity index (χ3v) is 4.74. The Morgan fingerprint density at radius 2 is 1.47 bits per heavy atom. The lowest BCUT2D eigenvalue weighted by Gasteiger charge is -2.18. The molecule has 9 heteroatoms. The van der Waals surface area contributed by atoms with Crippen molar-refractivity contribution in [1.29, 1.82) is 0 Å². The van der Waals surface area contributed by atoms with E-state index in [9.17, 15) is 14.2 Å². The van der Waals surface area contributed by atoms with Gasteiger partial charge in [0, 0.05) is 12.8 Å². The molecule has 0 fully saturated rings. The second-order valence-corrected chi connectivity index (χ2v) is 8.49. The van der Waals surface area contributed by atoms with Gasteiger partial charge in [-0.2, -0.15) is 0 Å². The van der Waals surface area contributed by atoms with Crippen molar-refractivity contribution >= 4 is 19.8 Å². The summed E-state index contributed by atoms with van der Waals surface area (Å²) in [7, 11) is -4.71. The molecule has 0 aromatic carbocycles. The molecule has 0 saturated carbocycles. The second kappa shape index (κ2) is 18.6. The lowest BCUT2D eigenvalue weighted by molar-refractivity contribution is -0.161. The SMILES string of the molecule is CCCC/C=C\CCCCCCCC(=O)OC(COC(=O)CCC)COP(=O)(O)O. The van der Waals surface area contributed by atoms with Gasteiger partial charge in [0.05, 0.1) is 6.61 Å². The standard InChI is InChI=1S/C21H39O8P/c1-3-5-6-7-8-9-10-11-12-13-14-16-21(23)29-19(18-28-30(24,25)26)17-27-20(22)15-4-2/h7-8,19H,3-6,9-18H2,1-2H3,(H2,24,25,26)/b8-7-. The van der Waals surface area contributed by atoms with E-state index in [1.165, 1.54) is 12.8 Å². The van der Waals surface area contributed by atoms with Crippen LogP contribution in [0.2, 0.25) is 0 Å². The van der Waals surface area contributed by atoms with Crippen molar-refractivity contribution in [2.75, 3.05) is 13.2 Å². The van der Waals surface area contributed by atoms with Crippen molar-refractivity contribution in [2.45, 2.75) is 97.0 Å². The first-order valence-corrected chi connectivity index (χ1v) is 12.5. The fourth-order valence-corrected chi connectivity index (χ4v) is 2.98. The number of phosphoric acid groups is 1. The molecule has 0 aromatic heterocycles. The summed E-state index contributed by atoms with van der Waals surface area (Å²) in [6.45, 7) is 3.17. The molecule has 0 aliphatic heterocycles. The summed E-state index contributed by atoms with van der Waals surface area (Å²) in [6, 6.07) is 0. The van der Waals surface area contributed by atoms with Crippen molar-refractivity contribution in [1.82, 2.24) is 0 Å². The molecule has 0 bridgehead atoms. The van der Waals surface area contributed by atoms with Crippen LogP contribution in [0.1, 0.15) is 90.9 Å². The summed E-state index contributed by atoms with van der Waals surface area (Å²) in [5.74, 6) is -0.963. The van der Waals surface area contributed by atoms with Gasteiger partial charge in [-0.05, 0) is 32.1 Å². The molecule has 0 amide bonds. The van der Waals surface area contributed by atoms with Crippen molar-refractivity contribution < 1.29 is 37.9 Å². The number of unbranched alkanes of at least 4 members (excludes halogenated alkanes) is 7. The lowest BCUT2D eigenvalue weighted by atomic mass is 10.1. The molecular formula is C21H39O8P. The van der Waals surface area contributed by atoms with E-state index >= 15 is 0 Å². The Labute approximate surface area is 180 Å². The minimum Gasteiger partial charge on any atom is -0.462 e. The van der Waals surface area contributed by atoms with E-state index in [2.05, 4.69) is 23.6 Å². The number of esters is 2. The number of carbonyl (C=O) groups excluding carboxylic acids is 2. The van der Waals surface area contributed by atoms with Crippen LogP contribution in [0, 0.1) is 0 Å². The van der Waals surface area contributed by atoms with Crippen LogP contribution in [0.5, 0.6) is 0 Å². The zero-order valence-electron chi connectivity index (χ0n) is 18.4. The lowest BCUT2D eigenvalue weighted by Crippen LogP contribution is -2.29. The highest BCUT2D eigenvalue weighted by molar-refractivity contribution is 7.46. The largest absolute Gasteiger partial charge is 0.469 e.